The summed E-state index contributed by atoms with van der Waals surface area (Å²) in [5.74, 6) is 0.395. The fourth-order valence-electron chi connectivity index (χ4n) is 2.00. The fourth-order valence-corrected chi connectivity index (χ4v) is 2.60. The van der Waals surface area contributed by atoms with Crippen molar-refractivity contribution in [1.82, 2.24) is 9.88 Å². The Morgan fingerprint density at radius 3 is 3.12 bits per heavy atom. The number of rotatable bonds is 5. The number of likely N-dealkylation sites (N-methyl/N-ethyl adjacent to an activating group) is 1. The van der Waals surface area contributed by atoms with Gasteiger partial charge in [0.15, 0.2) is 5.78 Å². The van der Waals surface area contributed by atoms with Gasteiger partial charge in [0.2, 0.25) is 0 Å². The third-order valence-corrected chi connectivity index (χ3v) is 3.73. The van der Waals surface area contributed by atoms with Crippen molar-refractivity contribution in [2.45, 2.75) is 19.9 Å². The quantitative estimate of drug-likeness (QED) is 0.798. The molecule has 1 aromatic heterocycles. The summed E-state index contributed by atoms with van der Waals surface area (Å²) in [5.41, 5.74) is 1.05. The van der Waals surface area contributed by atoms with Crippen LogP contribution in [0.25, 0.3) is 0 Å². The first-order valence-corrected chi connectivity index (χ1v) is 6.73. The lowest BCUT2D eigenvalue weighted by molar-refractivity contribution is -0.123. The molecular weight excluding hydrogens is 236 g/mol. The Hall–Kier alpha value is -0.780. The molecule has 0 aliphatic carbocycles. The van der Waals surface area contributed by atoms with Crippen LogP contribution >= 0.6 is 11.3 Å². The minimum atomic E-state index is 0.106. The second kappa shape index (κ2) is 5.71. The average molecular weight is 254 g/mol. The van der Waals surface area contributed by atoms with Crippen LogP contribution in [0.1, 0.15) is 17.1 Å². The molecule has 1 aliphatic rings. The van der Waals surface area contributed by atoms with Crippen LogP contribution in [-0.4, -0.2) is 42.5 Å². The Labute approximate surface area is 106 Å². The van der Waals surface area contributed by atoms with Gasteiger partial charge in [-0.1, -0.05) is 0 Å². The van der Waals surface area contributed by atoms with E-state index in [1.165, 1.54) is 0 Å². The molecule has 0 bridgehead atoms. The number of thiazole rings is 1. The Morgan fingerprint density at radius 2 is 2.53 bits per heavy atom. The number of carbonyl (C=O) groups excluding carboxylic acids is 1. The summed E-state index contributed by atoms with van der Waals surface area (Å²) in [6.07, 6.45) is 0.877. The monoisotopic (exact) mass is 254 g/mol. The van der Waals surface area contributed by atoms with E-state index in [1.54, 1.807) is 11.3 Å². The van der Waals surface area contributed by atoms with Crippen LogP contribution in [-0.2, 0) is 16.1 Å². The van der Waals surface area contributed by atoms with E-state index in [0.29, 0.717) is 13.2 Å². The van der Waals surface area contributed by atoms with Crippen molar-refractivity contribution in [1.29, 1.82) is 0 Å². The standard InChI is InChI=1S/C12H18N2O2S/c1-9-13-11(8-17-9)5-14(2)6-12(15)10-3-4-16-7-10/h8,10H,3-7H2,1-2H3. The lowest BCUT2D eigenvalue weighted by atomic mass is 10.0. The number of carbonyl (C=O) groups is 1. The Morgan fingerprint density at radius 1 is 1.71 bits per heavy atom. The normalized spacial score (nSPS) is 20.1. The second-order valence-electron chi connectivity index (χ2n) is 4.56. The van der Waals surface area contributed by atoms with Gasteiger partial charge < -0.3 is 4.74 Å². The molecule has 2 heterocycles. The smallest absolute Gasteiger partial charge is 0.152 e. The van der Waals surface area contributed by atoms with Crippen LogP contribution in [0.3, 0.4) is 0 Å². The molecular formula is C12H18N2O2S. The predicted octanol–water partition coefficient (Wildman–Crippen LogP) is 1.49. The van der Waals surface area contributed by atoms with Crippen molar-refractivity contribution in [3.63, 3.8) is 0 Å². The Bertz CT molecular complexity index is 386. The molecule has 94 valence electrons. The largest absolute Gasteiger partial charge is 0.381 e. The number of aromatic nitrogens is 1. The summed E-state index contributed by atoms with van der Waals surface area (Å²) < 4.78 is 5.23. The van der Waals surface area contributed by atoms with Crippen molar-refractivity contribution in [3.05, 3.63) is 16.1 Å². The maximum atomic E-state index is 11.9. The molecule has 17 heavy (non-hydrogen) atoms. The lowest BCUT2D eigenvalue weighted by Crippen LogP contribution is -2.30. The summed E-state index contributed by atoms with van der Waals surface area (Å²) in [6, 6.07) is 0. The molecule has 0 spiro atoms. The number of nitrogens with zero attached hydrogens (tertiary/aromatic N) is 2. The molecule has 5 heteroatoms. The highest BCUT2D eigenvalue weighted by Gasteiger charge is 2.24. The maximum absolute atomic E-state index is 11.9. The molecule has 0 saturated carbocycles. The number of ether oxygens (including phenoxy) is 1. The van der Waals surface area contributed by atoms with E-state index in [0.717, 1.165) is 30.3 Å². The van der Waals surface area contributed by atoms with Crippen LogP contribution < -0.4 is 0 Å². The van der Waals surface area contributed by atoms with E-state index >= 15 is 0 Å². The molecule has 1 aromatic rings. The summed E-state index contributed by atoms with van der Waals surface area (Å²) in [5, 5.41) is 3.12. The van der Waals surface area contributed by atoms with Crippen molar-refractivity contribution < 1.29 is 9.53 Å². The zero-order valence-electron chi connectivity index (χ0n) is 10.3. The lowest BCUT2D eigenvalue weighted by Gasteiger charge is -2.16. The summed E-state index contributed by atoms with van der Waals surface area (Å²) in [6.45, 7) is 4.55. The van der Waals surface area contributed by atoms with Crippen molar-refractivity contribution >= 4 is 17.1 Å². The van der Waals surface area contributed by atoms with Crippen LogP contribution in [0, 0.1) is 12.8 Å². The predicted molar refractivity (Wildman–Crippen MR) is 67.1 cm³/mol. The van der Waals surface area contributed by atoms with Gasteiger partial charge in [0.05, 0.1) is 23.9 Å². The molecule has 1 atom stereocenters. The van der Waals surface area contributed by atoms with Gasteiger partial charge in [0.25, 0.3) is 0 Å². The highest BCUT2D eigenvalue weighted by atomic mass is 32.1. The van der Waals surface area contributed by atoms with Crippen molar-refractivity contribution in [2.75, 3.05) is 26.8 Å². The maximum Gasteiger partial charge on any atom is 0.152 e. The van der Waals surface area contributed by atoms with Crippen LogP contribution in [0.4, 0.5) is 0 Å². The van der Waals surface area contributed by atoms with E-state index < -0.39 is 0 Å². The third-order valence-electron chi connectivity index (χ3n) is 2.91. The number of hydrogen-bond donors (Lipinski definition) is 0. The number of aryl methyl sites for hydroxylation is 1. The number of hydrogen-bond acceptors (Lipinski definition) is 5. The minimum absolute atomic E-state index is 0.106. The van der Waals surface area contributed by atoms with Crippen molar-refractivity contribution in [2.24, 2.45) is 5.92 Å². The second-order valence-corrected chi connectivity index (χ2v) is 5.62. The van der Waals surface area contributed by atoms with Gasteiger partial charge in [-0.15, -0.1) is 11.3 Å². The zero-order chi connectivity index (χ0) is 12.3. The summed E-state index contributed by atoms with van der Waals surface area (Å²) in [7, 11) is 1.96. The Kier molecular flexibility index (Phi) is 4.25. The molecule has 2 rings (SSSR count). The zero-order valence-corrected chi connectivity index (χ0v) is 11.1. The SMILES string of the molecule is Cc1nc(CN(C)CC(=O)C2CCOC2)cs1. The minimum Gasteiger partial charge on any atom is -0.381 e. The fraction of sp³-hybridized carbons (Fsp3) is 0.667. The molecule has 1 fully saturated rings. The van der Waals surface area contributed by atoms with Crippen LogP contribution in [0.5, 0.6) is 0 Å². The summed E-state index contributed by atoms with van der Waals surface area (Å²) in [4.78, 5) is 18.3. The number of ketones is 1. The van der Waals surface area contributed by atoms with Gasteiger partial charge >= 0.3 is 0 Å². The van der Waals surface area contributed by atoms with E-state index in [2.05, 4.69) is 10.4 Å². The molecule has 0 aromatic carbocycles. The van der Waals surface area contributed by atoms with Crippen molar-refractivity contribution in [3.8, 4) is 0 Å². The molecule has 0 N–H and O–H groups in total. The molecule has 0 radical (unpaired) electrons. The highest BCUT2D eigenvalue weighted by Crippen LogP contribution is 2.15. The molecule has 1 saturated heterocycles. The first-order valence-electron chi connectivity index (χ1n) is 5.85. The average Bonchev–Trinajstić information content (AvgIpc) is 2.89. The van der Waals surface area contributed by atoms with E-state index in [-0.39, 0.29) is 11.7 Å². The van der Waals surface area contributed by atoms with E-state index in [4.69, 9.17) is 4.74 Å². The third kappa shape index (κ3) is 3.59. The van der Waals surface area contributed by atoms with E-state index in [9.17, 15) is 4.79 Å². The van der Waals surface area contributed by atoms with Gasteiger partial charge in [-0.2, -0.15) is 0 Å². The first kappa shape index (κ1) is 12.7. The van der Waals surface area contributed by atoms with Gasteiger partial charge in [-0.3, -0.25) is 9.69 Å². The number of Topliss-reactive ketones (excluding diaryl/α,β-unsaturated/α-hetero) is 1. The molecule has 1 unspecified atom stereocenters. The van der Waals surface area contributed by atoms with Gasteiger partial charge in [0.1, 0.15) is 0 Å². The van der Waals surface area contributed by atoms with Gasteiger partial charge in [0, 0.05) is 24.4 Å². The van der Waals surface area contributed by atoms with Crippen LogP contribution in [0.2, 0.25) is 0 Å². The molecule has 1 aliphatic heterocycles. The van der Waals surface area contributed by atoms with Gasteiger partial charge in [-0.25, -0.2) is 4.98 Å². The molecule has 4 nitrogen and oxygen atoms in total. The molecule has 0 amide bonds. The highest BCUT2D eigenvalue weighted by molar-refractivity contribution is 7.09. The van der Waals surface area contributed by atoms with E-state index in [1.807, 2.05) is 18.9 Å². The summed E-state index contributed by atoms with van der Waals surface area (Å²) >= 11 is 1.65. The Balaban J connectivity index is 1.80. The van der Waals surface area contributed by atoms with Crippen LogP contribution in [0.15, 0.2) is 5.38 Å². The van der Waals surface area contributed by atoms with Gasteiger partial charge in [-0.05, 0) is 20.4 Å². The topological polar surface area (TPSA) is 42.4 Å². The first-order chi connectivity index (χ1) is 8.15.